The zero-order valence-electron chi connectivity index (χ0n) is 15.7. The van der Waals surface area contributed by atoms with E-state index in [4.69, 9.17) is 23.2 Å². The number of benzene rings is 1. The summed E-state index contributed by atoms with van der Waals surface area (Å²) in [5.74, 6) is 0.362. The van der Waals surface area contributed by atoms with Crippen molar-refractivity contribution in [2.75, 3.05) is 10.6 Å². The third-order valence-corrected chi connectivity index (χ3v) is 5.38. The molecule has 160 valence electrons. The van der Waals surface area contributed by atoms with Gasteiger partial charge in [0.1, 0.15) is 11.3 Å². The van der Waals surface area contributed by atoms with Crippen LogP contribution >= 0.6 is 23.2 Å². The van der Waals surface area contributed by atoms with E-state index in [9.17, 15) is 13.2 Å². The molecule has 12 heteroatoms. The van der Waals surface area contributed by atoms with Crippen LogP contribution in [0.3, 0.4) is 0 Å². The Morgan fingerprint density at radius 3 is 2.43 bits per heavy atom. The first-order chi connectivity index (χ1) is 14.2. The number of nitrogens with zero attached hydrogens (tertiary/aromatic N) is 4. The van der Waals surface area contributed by atoms with Crippen molar-refractivity contribution >= 4 is 51.9 Å². The van der Waals surface area contributed by atoms with Gasteiger partial charge in [0.15, 0.2) is 5.65 Å². The molecular weight excluding hydrogens is 444 g/mol. The summed E-state index contributed by atoms with van der Waals surface area (Å²) in [6.45, 7) is 0. The molecule has 1 saturated carbocycles. The van der Waals surface area contributed by atoms with Crippen molar-refractivity contribution in [2.45, 2.75) is 38.1 Å². The van der Waals surface area contributed by atoms with Gasteiger partial charge in [-0.1, -0.05) is 36.0 Å². The minimum absolute atomic E-state index is 0.0523. The molecule has 1 aromatic carbocycles. The molecule has 3 aromatic rings. The molecule has 2 heterocycles. The van der Waals surface area contributed by atoms with Gasteiger partial charge in [0, 0.05) is 25.2 Å². The number of halogens is 5. The SMILES string of the molecule is Cn1c(Nc2c(Cl)cc(OC(F)(F)F)cc2Cl)nc2cnc(NC3CCCC3)nc21. The quantitative estimate of drug-likeness (QED) is 0.510. The van der Waals surface area contributed by atoms with Gasteiger partial charge in [0.2, 0.25) is 11.9 Å². The molecule has 0 atom stereocenters. The Hall–Kier alpha value is -2.46. The molecule has 0 amide bonds. The second-order valence-electron chi connectivity index (χ2n) is 6.96. The second kappa shape index (κ2) is 7.99. The molecule has 2 N–H and O–H groups in total. The Kier molecular flexibility index (Phi) is 5.54. The fraction of sp³-hybridized carbons (Fsp3) is 0.389. The van der Waals surface area contributed by atoms with E-state index < -0.39 is 12.1 Å². The maximum Gasteiger partial charge on any atom is 0.573 e. The molecule has 1 aliphatic carbocycles. The largest absolute Gasteiger partial charge is 0.573 e. The maximum absolute atomic E-state index is 12.4. The van der Waals surface area contributed by atoms with Crippen molar-refractivity contribution in [2.24, 2.45) is 7.05 Å². The number of hydrogen-bond donors (Lipinski definition) is 2. The first kappa shape index (κ1) is 20.8. The van der Waals surface area contributed by atoms with Crippen molar-refractivity contribution in [1.82, 2.24) is 19.5 Å². The molecule has 30 heavy (non-hydrogen) atoms. The molecule has 1 fully saturated rings. The smallest absolute Gasteiger partial charge is 0.406 e. The summed E-state index contributed by atoms with van der Waals surface area (Å²) >= 11 is 12.2. The summed E-state index contributed by atoms with van der Waals surface area (Å²) < 4.78 is 42.8. The number of rotatable bonds is 5. The second-order valence-corrected chi connectivity index (χ2v) is 7.77. The van der Waals surface area contributed by atoms with Crippen LogP contribution in [0.5, 0.6) is 5.75 Å². The van der Waals surface area contributed by atoms with E-state index >= 15 is 0 Å². The Morgan fingerprint density at radius 2 is 1.80 bits per heavy atom. The number of imidazole rings is 1. The van der Waals surface area contributed by atoms with Gasteiger partial charge in [-0.05, 0) is 12.8 Å². The summed E-state index contributed by atoms with van der Waals surface area (Å²) in [7, 11) is 1.74. The van der Waals surface area contributed by atoms with Crippen LogP contribution in [0, 0.1) is 0 Å². The van der Waals surface area contributed by atoms with E-state index in [0.29, 0.717) is 29.1 Å². The number of aryl methyl sites for hydroxylation is 1. The number of hydrogen-bond acceptors (Lipinski definition) is 6. The van der Waals surface area contributed by atoms with Crippen LogP contribution in [0.25, 0.3) is 11.2 Å². The van der Waals surface area contributed by atoms with Crippen molar-refractivity contribution in [3.05, 3.63) is 28.4 Å². The van der Waals surface area contributed by atoms with Gasteiger partial charge >= 0.3 is 6.36 Å². The predicted octanol–water partition coefficient (Wildman–Crippen LogP) is 5.67. The van der Waals surface area contributed by atoms with Crippen molar-refractivity contribution < 1.29 is 17.9 Å². The predicted molar refractivity (Wildman–Crippen MR) is 109 cm³/mol. The number of ether oxygens (including phenoxy) is 1. The Bertz CT molecular complexity index is 1060. The van der Waals surface area contributed by atoms with E-state index in [0.717, 1.165) is 25.0 Å². The molecule has 0 unspecified atom stereocenters. The van der Waals surface area contributed by atoms with Gasteiger partial charge in [-0.2, -0.15) is 4.98 Å². The molecule has 0 radical (unpaired) electrons. The minimum Gasteiger partial charge on any atom is -0.406 e. The number of aromatic nitrogens is 4. The highest BCUT2D eigenvalue weighted by molar-refractivity contribution is 6.39. The molecule has 7 nitrogen and oxygen atoms in total. The fourth-order valence-electron chi connectivity index (χ4n) is 3.39. The maximum atomic E-state index is 12.4. The van der Waals surface area contributed by atoms with E-state index in [1.807, 2.05) is 0 Å². The number of nitrogens with one attached hydrogen (secondary N) is 2. The molecular formula is C18H17Cl2F3N6O. The summed E-state index contributed by atoms with van der Waals surface area (Å²) in [4.78, 5) is 13.3. The summed E-state index contributed by atoms with van der Waals surface area (Å²) in [6, 6.07) is 2.41. The Balaban J connectivity index is 1.60. The third-order valence-electron chi connectivity index (χ3n) is 4.79. The van der Waals surface area contributed by atoms with Gasteiger partial charge in [0.05, 0.1) is 21.9 Å². The molecule has 1 aliphatic rings. The first-order valence-electron chi connectivity index (χ1n) is 9.17. The van der Waals surface area contributed by atoms with Gasteiger partial charge in [-0.25, -0.2) is 9.97 Å². The lowest BCUT2D eigenvalue weighted by Gasteiger charge is -2.14. The Labute approximate surface area is 179 Å². The van der Waals surface area contributed by atoms with Crippen LogP contribution in [0.1, 0.15) is 25.7 Å². The molecule has 0 bridgehead atoms. The molecule has 4 rings (SSSR count). The van der Waals surface area contributed by atoms with Crippen LogP contribution in [0.4, 0.5) is 30.8 Å². The highest BCUT2D eigenvalue weighted by Crippen LogP contribution is 2.38. The van der Waals surface area contributed by atoms with Crippen molar-refractivity contribution in [3.63, 3.8) is 0 Å². The first-order valence-corrected chi connectivity index (χ1v) is 9.93. The zero-order valence-corrected chi connectivity index (χ0v) is 17.2. The van der Waals surface area contributed by atoms with Crippen LogP contribution in [0.15, 0.2) is 18.3 Å². The van der Waals surface area contributed by atoms with E-state index in [1.165, 1.54) is 12.8 Å². The van der Waals surface area contributed by atoms with Gasteiger partial charge in [-0.3, -0.25) is 4.57 Å². The molecule has 0 spiro atoms. The highest BCUT2D eigenvalue weighted by atomic mass is 35.5. The van der Waals surface area contributed by atoms with Crippen molar-refractivity contribution in [1.29, 1.82) is 0 Å². The minimum atomic E-state index is -4.85. The zero-order chi connectivity index (χ0) is 21.5. The topological polar surface area (TPSA) is 76.9 Å². The Morgan fingerprint density at radius 1 is 1.13 bits per heavy atom. The van der Waals surface area contributed by atoms with Gasteiger partial charge < -0.3 is 15.4 Å². The average Bonchev–Trinajstić information content (AvgIpc) is 3.25. The summed E-state index contributed by atoms with van der Waals surface area (Å²) in [5.41, 5.74) is 1.32. The number of alkyl halides is 3. The van der Waals surface area contributed by atoms with Crippen molar-refractivity contribution in [3.8, 4) is 5.75 Å². The lowest BCUT2D eigenvalue weighted by atomic mass is 10.2. The number of fused-ring (bicyclic) bond motifs is 1. The standard InChI is InChI=1S/C18H17Cl2F3N6O/c1-29-15-13(8-24-16(28-15)25-9-4-2-3-5-9)26-17(29)27-14-11(19)6-10(7-12(14)20)30-18(21,22)23/h6-9H,2-5H2,1H3,(H,26,27)(H,24,25,28). The average molecular weight is 461 g/mol. The van der Waals surface area contributed by atoms with Gasteiger partial charge in [-0.15, -0.1) is 13.2 Å². The van der Waals surface area contributed by atoms with Crippen LogP contribution < -0.4 is 15.4 Å². The number of anilines is 3. The van der Waals surface area contributed by atoms with Gasteiger partial charge in [0.25, 0.3) is 0 Å². The molecule has 0 aliphatic heterocycles. The molecule has 2 aromatic heterocycles. The van der Waals surface area contributed by atoms with Crippen LogP contribution in [-0.4, -0.2) is 31.9 Å². The van der Waals surface area contributed by atoms with E-state index in [1.54, 1.807) is 17.8 Å². The van der Waals surface area contributed by atoms with E-state index in [2.05, 4.69) is 30.3 Å². The normalized spacial score (nSPS) is 15.0. The summed E-state index contributed by atoms with van der Waals surface area (Å²) in [6.07, 6.45) is 1.31. The lowest BCUT2D eigenvalue weighted by Crippen LogP contribution is -2.17. The third kappa shape index (κ3) is 4.49. The van der Waals surface area contributed by atoms with Crippen LogP contribution in [-0.2, 0) is 7.05 Å². The van der Waals surface area contributed by atoms with E-state index in [-0.39, 0.29) is 15.7 Å². The highest BCUT2D eigenvalue weighted by Gasteiger charge is 2.31. The summed E-state index contributed by atoms with van der Waals surface area (Å²) in [5, 5.41) is 6.17. The lowest BCUT2D eigenvalue weighted by molar-refractivity contribution is -0.274. The fourth-order valence-corrected chi connectivity index (χ4v) is 3.95. The monoisotopic (exact) mass is 460 g/mol. The molecule has 0 saturated heterocycles. The van der Waals surface area contributed by atoms with Crippen LogP contribution in [0.2, 0.25) is 10.0 Å².